The number of nitrogens with zero attached hydrogens (tertiary/aromatic N) is 5. The Bertz CT molecular complexity index is 808. The van der Waals surface area contributed by atoms with E-state index in [1.165, 1.54) is 21.5 Å². The quantitative estimate of drug-likeness (QED) is 0.531. The lowest BCUT2D eigenvalue weighted by molar-refractivity contribution is -0.105. The maximum absolute atomic E-state index is 12.3. The van der Waals surface area contributed by atoms with Crippen LogP contribution in [0.3, 0.4) is 0 Å². The van der Waals surface area contributed by atoms with Gasteiger partial charge in [-0.05, 0) is 14.1 Å². The molecule has 0 unspecified atom stereocenters. The van der Waals surface area contributed by atoms with Crippen molar-refractivity contribution < 1.29 is 14.4 Å². The van der Waals surface area contributed by atoms with Gasteiger partial charge in [0.2, 0.25) is 18.1 Å². The number of aryl methyl sites for hydroxylation is 2. The van der Waals surface area contributed by atoms with Crippen LogP contribution in [-0.4, -0.2) is 69.4 Å². The molecule has 0 saturated heterocycles. The lowest BCUT2D eigenvalue weighted by Gasteiger charge is -2.09. The molecule has 0 radical (unpaired) electrons. The zero-order valence-corrected chi connectivity index (χ0v) is 15.1. The van der Waals surface area contributed by atoms with E-state index in [9.17, 15) is 14.4 Å². The van der Waals surface area contributed by atoms with Crippen molar-refractivity contribution in [2.75, 3.05) is 37.8 Å². The molecule has 2 aromatic rings. The molecule has 0 atom stereocenters. The minimum absolute atomic E-state index is 0.0944. The number of amides is 3. The maximum Gasteiger partial charge on any atom is 0.292 e. The molecule has 2 rings (SSSR count). The number of aromatic nitrogens is 4. The van der Waals surface area contributed by atoms with E-state index >= 15 is 0 Å². The monoisotopic (exact) mass is 362 g/mol. The van der Waals surface area contributed by atoms with E-state index in [1.807, 2.05) is 19.0 Å². The van der Waals surface area contributed by atoms with Crippen LogP contribution in [0.5, 0.6) is 0 Å². The van der Waals surface area contributed by atoms with Crippen molar-refractivity contribution in [3.8, 4) is 0 Å². The third-order valence-corrected chi connectivity index (χ3v) is 3.45. The Hall–Kier alpha value is -3.21. The molecule has 0 aromatic carbocycles. The van der Waals surface area contributed by atoms with E-state index in [0.717, 1.165) is 0 Å². The standard InChI is InChI=1S/C15H22N8O3/c1-21(2)6-5-16-14(25)12-19-11(8-23(12)4)20-15(26)13-18-10(17-9-24)7-22(13)3/h7-9H,5-6H2,1-4H3,(H,16,25)(H,17,24)(H,20,26). The molecule has 11 nitrogen and oxygen atoms in total. The van der Waals surface area contributed by atoms with Crippen molar-refractivity contribution >= 4 is 29.9 Å². The topological polar surface area (TPSA) is 126 Å². The van der Waals surface area contributed by atoms with Crippen molar-refractivity contribution in [2.45, 2.75) is 0 Å². The number of carbonyl (C=O) groups excluding carboxylic acids is 3. The summed E-state index contributed by atoms with van der Waals surface area (Å²) in [5.41, 5.74) is 0. The third-order valence-electron chi connectivity index (χ3n) is 3.45. The summed E-state index contributed by atoms with van der Waals surface area (Å²) >= 11 is 0. The molecule has 0 aliphatic carbocycles. The van der Waals surface area contributed by atoms with Crippen LogP contribution in [0.1, 0.15) is 21.2 Å². The molecule has 0 aliphatic rings. The molecule has 2 heterocycles. The summed E-state index contributed by atoms with van der Waals surface area (Å²) in [6.07, 6.45) is 3.52. The molecule has 2 aromatic heterocycles. The summed E-state index contributed by atoms with van der Waals surface area (Å²) in [6, 6.07) is 0. The second kappa shape index (κ2) is 8.25. The third kappa shape index (κ3) is 4.66. The van der Waals surface area contributed by atoms with Crippen LogP contribution in [0.15, 0.2) is 12.4 Å². The van der Waals surface area contributed by atoms with Crippen LogP contribution < -0.4 is 16.0 Å². The average molecular weight is 362 g/mol. The molecule has 11 heteroatoms. The number of hydrogen-bond donors (Lipinski definition) is 3. The first-order valence-corrected chi connectivity index (χ1v) is 7.83. The zero-order valence-electron chi connectivity index (χ0n) is 15.1. The molecule has 3 N–H and O–H groups in total. The highest BCUT2D eigenvalue weighted by Gasteiger charge is 2.18. The number of rotatable bonds is 8. The number of anilines is 2. The Kier molecular flexibility index (Phi) is 6.07. The van der Waals surface area contributed by atoms with Gasteiger partial charge in [-0.15, -0.1) is 0 Å². The van der Waals surface area contributed by atoms with Crippen molar-refractivity contribution in [1.82, 2.24) is 29.3 Å². The molecule has 0 fully saturated rings. The van der Waals surface area contributed by atoms with E-state index in [0.29, 0.717) is 19.5 Å². The van der Waals surface area contributed by atoms with E-state index in [2.05, 4.69) is 25.9 Å². The predicted octanol–water partition coefficient (Wildman–Crippen LogP) is -0.734. The average Bonchev–Trinajstić information content (AvgIpc) is 3.10. The second-order valence-electron chi connectivity index (χ2n) is 5.90. The van der Waals surface area contributed by atoms with Gasteiger partial charge in [0.25, 0.3) is 11.8 Å². The number of likely N-dealkylation sites (N-methyl/N-ethyl adjacent to an activating group) is 1. The fraction of sp³-hybridized carbons (Fsp3) is 0.400. The molecule has 3 amide bonds. The molecular weight excluding hydrogens is 340 g/mol. The van der Waals surface area contributed by atoms with E-state index in [4.69, 9.17) is 0 Å². The summed E-state index contributed by atoms with van der Waals surface area (Å²) in [5.74, 6) is -0.0783. The van der Waals surface area contributed by atoms with Crippen LogP contribution in [-0.2, 0) is 18.9 Å². The van der Waals surface area contributed by atoms with Crippen LogP contribution in [0.2, 0.25) is 0 Å². The van der Waals surface area contributed by atoms with Gasteiger partial charge in [-0.25, -0.2) is 9.97 Å². The highest BCUT2D eigenvalue weighted by Crippen LogP contribution is 2.11. The van der Waals surface area contributed by atoms with Crippen molar-refractivity contribution in [3.63, 3.8) is 0 Å². The van der Waals surface area contributed by atoms with Crippen LogP contribution in [0.25, 0.3) is 0 Å². The van der Waals surface area contributed by atoms with Gasteiger partial charge in [-0.3, -0.25) is 14.4 Å². The smallest absolute Gasteiger partial charge is 0.292 e. The first-order valence-electron chi connectivity index (χ1n) is 7.83. The van der Waals surface area contributed by atoms with E-state index in [1.54, 1.807) is 14.1 Å². The van der Waals surface area contributed by atoms with Crippen molar-refractivity contribution in [3.05, 3.63) is 24.0 Å². The van der Waals surface area contributed by atoms with Gasteiger partial charge in [0.1, 0.15) is 0 Å². The lowest BCUT2D eigenvalue weighted by atomic mass is 10.5. The molecule has 26 heavy (non-hydrogen) atoms. The Labute approximate surface area is 150 Å². The van der Waals surface area contributed by atoms with Crippen molar-refractivity contribution in [2.24, 2.45) is 14.1 Å². The normalized spacial score (nSPS) is 10.7. The minimum atomic E-state index is -0.510. The lowest BCUT2D eigenvalue weighted by Crippen LogP contribution is -2.32. The summed E-state index contributed by atoms with van der Waals surface area (Å²) in [4.78, 5) is 45.0. The van der Waals surface area contributed by atoms with E-state index < -0.39 is 5.91 Å². The Morgan fingerprint density at radius 3 is 2.27 bits per heavy atom. The van der Waals surface area contributed by atoms with E-state index in [-0.39, 0.29) is 29.2 Å². The molecule has 0 bridgehead atoms. The molecule has 0 saturated carbocycles. The Morgan fingerprint density at radius 2 is 1.65 bits per heavy atom. The SMILES string of the molecule is CN(C)CCNC(=O)c1nc(NC(=O)c2nc(NC=O)cn2C)cn1C. The Balaban J connectivity index is 2.05. The predicted molar refractivity (Wildman–Crippen MR) is 94.9 cm³/mol. The first-order chi connectivity index (χ1) is 12.3. The highest BCUT2D eigenvalue weighted by atomic mass is 16.2. The van der Waals surface area contributed by atoms with Crippen molar-refractivity contribution in [1.29, 1.82) is 0 Å². The molecular formula is C15H22N8O3. The van der Waals surface area contributed by atoms with Gasteiger partial charge in [-0.1, -0.05) is 0 Å². The Morgan fingerprint density at radius 1 is 1.08 bits per heavy atom. The summed E-state index contributed by atoms with van der Waals surface area (Å²) < 4.78 is 3.00. The first kappa shape index (κ1) is 19.1. The van der Waals surface area contributed by atoms with Crippen LogP contribution in [0.4, 0.5) is 11.6 Å². The van der Waals surface area contributed by atoms with Gasteiger partial charge < -0.3 is 30.0 Å². The minimum Gasteiger partial charge on any atom is -0.348 e. The van der Waals surface area contributed by atoms with Gasteiger partial charge >= 0.3 is 0 Å². The van der Waals surface area contributed by atoms with Gasteiger partial charge in [0, 0.05) is 39.6 Å². The number of hydrogen-bond acceptors (Lipinski definition) is 6. The molecule has 0 spiro atoms. The van der Waals surface area contributed by atoms with Crippen LogP contribution >= 0.6 is 0 Å². The fourth-order valence-corrected chi connectivity index (χ4v) is 2.19. The number of nitrogens with one attached hydrogen (secondary N) is 3. The molecule has 0 aliphatic heterocycles. The second-order valence-corrected chi connectivity index (χ2v) is 5.90. The zero-order chi connectivity index (χ0) is 19.3. The largest absolute Gasteiger partial charge is 0.348 e. The summed E-state index contributed by atoms with van der Waals surface area (Å²) in [5, 5.41) is 7.72. The van der Waals surface area contributed by atoms with Gasteiger partial charge in [0.05, 0.1) is 0 Å². The highest BCUT2D eigenvalue weighted by molar-refractivity contribution is 6.02. The van der Waals surface area contributed by atoms with Gasteiger partial charge in [-0.2, -0.15) is 0 Å². The van der Waals surface area contributed by atoms with Gasteiger partial charge in [0.15, 0.2) is 11.6 Å². The van der Waals surface area contributed by atoms with Crippen LogP contribution in [0, 0.1) is 0 Å². The number of imidazole rings is 2. The fourth-order valence-electron chi connectivity index (χ4n) is 2.19. The summed E-state index contributed by atoms with van der Waals surface area (Å²) in [6.45, 7) is 1.19. The molecule has 140 valence electrons. The number of carbonyl (C=O) groups is 3. The summed E-state index contributed by atoms with van der Waals surface area (Å²) in [7, 11) is 7.11. The maximum atomic E-state index is 12.3.